The van der Waals surface area contributed by atoms with Crippen LogP contribution in [0.15, 0.2) is 42.7 Å². The van der Waals surface area contributed by atoms with Crippen molar-refractivity contribution in [2.45, 2.75) is 56.6 Å². The van der Waals surface area contributed by atoms with E-state index in [0.717, 1.165) is 6.20 Å². The van der Waals surface area contributed by atoms with E-state index in [1.54, 1.807) is 30.3 Å². The van der Waals surface area contributed by atoms with Gasteiger partial charge in [0, 0.05) is 0 Å². The summed E-state index contributed by atoms with van der Waals surface area (Å²) in [6.45, 7) is 3.71. The number of alkyl halides is 3. The lowest BCUT2D eigenvalue weighted by Gasteiger charge is -2.43. The Morgan fingerprint density at radius 1 is 1.13 bits per heavy atom. The molecule has 5 atom stereocenters. The molecule has 7 nitrogen and oxygen atoms in total. The highest BCUT2D eigenvalue weighted by Crippen LogP contribution is 2.35. The Morgan fingerprint density at radius 3 is 2.47 bits per heavy atom. The molecule has 30 heavy (non-hydrogen) atoms. The topological polar surface area (TPSA) is 96.7 Å². The first-order chi connectivity index (χ1) is 14.2. The molecule has 0 bridgehead atoms. The molecule has 3 N–H and O–H groups in total. The van der Waals surface area contributed by atoms with Gasteiger partial charge in [-0.3, -0.25) is 4.98 Å². The lowest BCUT2D eigenvalue weighted by molar-refractivity contribution is -0.196. The van der Waals surface area contributed by atoms with Crippen molar-refractivity contribution in [2.24, 2.45) is 0 Å². The lowest BCUT2D eigenvalue weighted by Crippen LogP contribution is -2.58. The largest absolute Gasteiger partial charge is 0.434 e. The molecule has 0 aliphatic carbocycles. The molecule has 1 aromatic carbocycles. The van der Waals surface area contributed by atoms with E-state index >= 15 is 0 Å². The molecule has 1 saturated heterocycles. The van der Waals surface area contributed by atoms with Gasteiger partial charge in [0.1, 0.15) is 30.2 Å². The molecule has 0 radical (unpaired) electrons. The van der Waals surface area contributed by atoms with Gasteiger partial charge in [0.25, 0.3) is 0 Å². The summed E-state index contributed by atoms with van der Waals surface area (Å²) in [5.74, 6) is -0.192. The van der Waals surface area contributed by atoms with Gasteiger partial charge < -0.3 is 25.0 Å². The standard InChI is InChI=1S/C20H24F3N3O4/c1-11(2)29-10-13-17(27)18(28)16(19(30-13)12-6-4-3-5-7-12)26-15-9-24-8-14(25-15)20(21,22)23/h3-9,11,13,16-19,27-28H,10H2,1-2H3,(H,25,26)/t13-,16-,17+,18-,19+/m1/s1. The minimum Gasteiger partial charge on any atom is -0.388 e. The molecule has 0 unspecified atom stereocenters. The molecular weight excluding hydrogens is 403 g/mol. The second-order valence-electron chi connectivity index (χ2n) is 7.33. The van der Waals surface area contributed by atoms with Crippen LogP contribution in [0, 0.1) is 0 Å². The predicted molar refractivity (Wildman–Crippen MR) is 102 cm³/mol. The Morgan fingerprint density at radius 2 is 1.83 bits per heavy atom. The van der Waals surface area contributed by atoms with Crippen molar-refractivity contribution >= 4 is 5.82 Å². The van der Waals surface area contributed by atoms with Crippen LogP contribution in [0.4, 0.5) is 19.0 Å². The van der Waals surface area contributed by atoms with E-state index in [4.69, 9.17) is 9.47 Å². The molecule has 0 amide bonds. The maximum Gasteiger partial charge on any atom is 0.434 e. The molecule has 1 aliphatic rings. The van der Waals surface area contributed by atoms with Gasteiger partial charge in [0.15, 0.2) is 5.69 Å². The highest BCUT2D eigenvalue weighted by Gasteiger charge is 2.45. The van der Waals surface area contributed by atoms with Crippen LogP contribution in [0.25, 0.3) is 0 Å². The van der Waals surface area contributed by atoms with Crippen molar-refractivity contribution in [3.05, 3.63) is 54.0 Å². The summed E-state index contributed by atoms with van der Waals surface area (Å²) in [5.41, 5.74) is -0.492. The molecule has 2 aromatic rings. The zero-order chi connectivity index (χ0) is 21.9. The van der Waals surface area contributed by atoms with Crippen LogP contribution < -0.4 is 5.32 Å². The Bertz CT molecular complexity index is 822. The molecule has 10 heteroatoms. The molecule has 164 valence electrons. The molecule has 1 fully saturated rings. The van der Waals surface area contributed by atoms with Crippen LogP contribution in [-0.4, -0.2) is 57.2 Å². The van der Waals surface area contributed by atoms with Crippen LogP contribution in [0.5, 0.6) is 0 Å². The average Bonchev–Trinajstić information content (AvgIpc) is 2.71. The molecule has 2 heterocycles. The second kappa shape index (κ2) is 9.25. The number of hydrogen-bond acceptors (Lipinski definition) is 7. The number of ether oxygens (including phenoxy) is 2. The maximum atomic E-state index is 13.0. The zero-order valence-corrected chi connectivity index (χ0v) is 16.5. The SMILES string of the molecule is CC(C)OC[C@H]1O[C@@H](c2ccccc2)[C@H](Nc2cncc(C(F)(F)F)n2)[C@@H](O)[C@H]1O. The first-order valence-electron chi connectivity index (χ1n) is 9.50. The molecule has 0 saturated carbocycles. The third kappa shape index (κ3) is 5.25. The minimum absolute atomic E-state index is 0.0509. The number of nitrogens with zero attached hydrogens (tertiary/aromatic N) is 2. The van der Waals surface area contributed by atoms with Gasteiger partial charge in [0.2, 0.25) is 0 Å². The monoisotopic (exact) mass is 427 g/mol. The highest BCUT2D eigenvalue weighted by atomic mass is 19.4. The van der Waals surface area contributed by atoms with Gasteiger partial charge in [-0.2, -0.15) is 13.2 Å². The Labute approximate surface area is 171 Å². The van der Waals surface area contributed by atoms with E-state index in [2.05, 4.69) is 15.3 Å². The normalized spacial score (nSPS) is 27.3. The third-order valence-corrected chi connectivity index (χ3v) is 4.71. The summed E-state index contributed by atoms with van der Waals surface area (Å²) >= 11 is 0. The fraction of sp³-hybridized carbons (Fsp3) is 0.500. The van der Waals surface area contributed by atoms with Crippen LogP contribution >= 0.6 is 0 Å². The smallest absolute Gasteiger partial charge is 0.388 e. The number of aliphatic hydroxyl groups excluding tert-OH is 2. The van der Waals surface area contributed by atoms with Crippen molar-refractivity contribution in [1.29, 1.82) is 0 Å². The molecule has 0 spiro atoms. The van der Waals surface area contributed by atoms with Crippen LogP contribution in [0.3, 0.4) is 0 Å². The van der Waals surface area contributed by atoms with E-state index in [1.807, 2.05) is 13.8 Å². The number of rotatable bonds is 6. The van der Waals surface area contributed by atoms with Gasteiger partial charge in [-0.05, 0) is 19.4 Å². The average molecular weight is 427 g/mol. The van der Waals surface area contributed by atoms with Crippen molar-refractivity contribution < 1.29 is 32.9 Å². The summed E-state index contributed by atoms with van der Waals surface area (Å²) in [5, 5.41) is 24.1. The fourth-order valence-corrected chi connectivity index (χ4v) is 3.22. The minimum atomic E-state index is -4.66. The van der Waals surface area contributed by atoms with Gasteiger partial charge in [-0.15, -0.1) is 0 Å². The highest BCUT2D eigenvalue weighted by molar-refractivity contribution is 5.37. The third-order valence-electron chi connectivity index (χ3n) is 4.71. The lowest BCUT2D eigenvalue weighted by atomic mass is 9.89. The first-order valence-corrected chi connectivity index (χ1v) is 9.50. The van der Waals surface area contributed by atoms with E-state index in [-0.39, 0.29) is 18.5 Å². The predicted octanol–water partition coefficient (Wildman–Crippen LogP) is 2.56. The summed E-state index contributed by atoms with van der Waals surface area (Å²) in [6, 6.07) is 7.91. The number of aliphatic hydroxyl groups is 2. The van der Waals surface area contributed by atoms with E-state index in [9.17, 15) is 23.4 Å². The Hall–Kier alpha value is -2.27. The molecule has 1 aliphatic heterocycles. The quantitative estimate of drug-likeness (QED) is 0.652. The number of anilines is 1. The zero-order valence-electron chi connectivity index (χ0n) is 16.5. The summed E-state index contributed by atoms with van der Waals surface area (Å²) in [4.78, 5) is 7.10. The Kier molecular flexibility index (Phi) is 6.91. The maximum absolute atomic E-state index is 13.0. The van der Waals surface area contributed by atoms with Gasteiger partial charge in [-0.25, -0.2) is 4.98 Å². The second-order valence-corrected chi connectivity index (χ2v) is 7.33. The molecular formula is C20H24F3N3O4. The van der Waals surface area contributed by atoms with E-state index in [0.29, 0.717) is 11.8 Å². The van der Waals surface area contributed by atoms with Crippen LogP contribution in [-0.2, 0) is 15.7 Å². The summed E-state index contributed by atoms with van der Waals surface area (Å²) in [6.07, 6.45) is -7.32. The number of halogens is 3. The number of nitrogens with one attached hydrogen (secondary N) is 1. The van der Waals surface area contributed by atoms with Gasteiger partial charge in [0.05, 0.1) is 31.1 Å². The molecule has 1 aromatic heterocycles. The van der Waals surface area contributed by atoms with Crippen molar-refractivity contribution in [1.82, 2.24) is 9.97 Å². The van der Waals surface area contributed by atoms with Crippen LogP contribution in [0.1, 0.15) is 31.2 Å². The van der Waals surface area contributed by atoms with Crippen LogP contribution in [0.2, 0.25) is 0 Å². The summed E-state index contributed by atoms with van der Waals surface area (Å²) in [7, 11) is 0. The van der Waals surface area contributed by atoms with Crippen molar-refractivity contribution in [3.63, 3.8) is 0 Å². The number of hydrogen-bond donors (Lipinski definition) is 3. The molecule has 3 rings (SSSR count). The van der Waals surface area contributed by atoms with Gasteiger partial charge >= 0.3 is 6.18 Å². The summed E-state index contributed by atoms with van der Waals surface area (Å²) < 4.78 is 50.5. The van der Waals surface area contributed by atoms with Crippen molar-refractivity contribution in [2.75, 3.05) is 11.9 Å². The Balaban J connectivity index is 1.89. The first kappa shape index (κ1) is 22.4. The van der Waals surface area contributed by atoms with Crippen molar-refractivity contribution in [3.8, 4) is 0 Å². The fourth-order valence-electron chi connectivity index (χ4n) is 3.22. The van der Waals surface area contributed by atoms with Gasteiger partial charge in [-0.1, -0.05) is 30.3 Å². The van der Waals surface area contributed by atoms with E-state index < -0.39 is 42.3 Å². The number of benzene rings is 1. The number of aromatic nitrogens is 2. The van der Waals surface area contributed by atoms with E-state index in [1.165, 1.54) is 0 Å².